The molecule has 0 aliphatic heterocycles. The Labute approximate surface area is 165 Å². The largest absolute Gasteiger partial charge is 0.493 e. The minimum atomic E-state index is -0.131. The maximum absolute atomic E-state index is 10.2. The van der Waals surface area contributed by atoms with Crippen molar-refractivity contribution in [3.63, 3.8) is 0 Å². The van der Waals surface area contributed by atoms with Gasteiger partial charge in [-0.15, -0.1) is 0 Å². The van der Waals surface area contributed by atoms with E-state index >= 15 is 0 Å². The number of methoxy groups -OCH3 is 4. The first kappa shape index (κ1) is 20.3. The zero-order valence-corrected chi connectivity index (χ0v) is 16.8. The van der Waals surface area contributed by atoms with Crippen LogP contribution in [0.3, 0.4) is 0 Å². The van der Waals surface area contributed by atoms with Gasteiger partial charge in [0.05, 0.1) is 28.4 Å². The lowest BCUT2D eigenvalue weighted by Crippen LogP contribution is -2.35. The van der Waals surface area contributed by atoms with Gasteiger partial charge in [0.25, 0.3) is 0 Å². The Bertz CT molecular complexity index is 819. The quantitative estimate of drug-likeness (QED) is 0.759. The second-order valence-electron chi connectivity index (χ2n) is 6.99. The van der Waals surface area contributed by atoms with Crippen molar-refractivity contribution < 1.29 is 29.2 Å². The van der Waals surface area contributed by atoms with E-state index in [0.717, 1.165) is 16.7 Å². The lowest BCUT2D eigenvalue weighted by Gasteiger charge is -2.39. The maximum atomic E-state index is 10.2. The number of benzene rings is 2. The van der Waals surface area contributed by atoms with Crippen molar-refractivity contribution in [3.8, 4) is 23.0 Å². The van der Waals surface area contributed by atoms with E-state index in [1.54, 1.807) is 28.4 Å². The van der Waals surface area contributed by atoms with Crippen LogP contribution in [0.25, 0.3) is 0 Å². The van der Waals surface area contributed by atoms with Crippen molar-refractivity contribution in [3.05, 3.63) is 47.0 Å². The highest BCUT2D eigenvalue weighted by Crippen LogP contribution is 2.48. The Balaban J connectivity index is 2.20. The molecule has 2 aromatic rings. The number of aliphatic hydroxyl groups is 2. The molecule has 28 heavy (non-hydrogen) atoms. The van der Waals surface area contributed by atoms with Crippen LogP contribution in [0.1, 0.15) is 22.6 Å². The van der Waals surface area contributed by atoms with Gasteiger partial charge in [-0.2, -0.15) is 0 Å². The minimum Gasteiger partial charge on any atom is -0.493 e. The van der Waals surface area contributed by atoms with Crippen LogP contribution in [0.15, 0.2) is 30.3 Å². The molecule has 0 aromatic heterocycles. The molecular formula is C22H28O6. The Morgan fingerprint density at radius 3 is 1.96 bits per heavy atom. The average Bonchev–Trinajstić information content (AvgIpc) is 2.75. The van der Waals surface area contributed by atoms with Gasteiger partial charge < -0.3 is 29.2 Å². The molecule has 0 saturated carbocycles. The molecule has 2 aromatic carbocycles. The number of rotatable bonds is 7. The topological polar surface area (TPSA) is 77.4 Å². The van der Waals surface area contributed by atoms with E-state index in [0.29, 0.717) is 29.4 Å². The van der Waals surface area contributed by atoms with Crippen molar-refractivity contribution in [2.45, 2.75) is 12.3 Å². The summed E-state index contributed by atoms with van der Waals surface area (Å²) < 4.78 is 21.8. The van der Waals surface area contributed by atoms with Crippen LogP contribution in [-0.4, -0.2) is 51.9 Å². The smallest absolute Gasteiger partial charge is 0.161 e. The van der Waals surface area contributed by atoms with Crippen molar-refractivity contribution >= 4 is 0 Å². The van der Waals surface area contributed by atoms with E-state index in [2.05, 4.69) is 0 Å². The van der Waals surface area contributed by atoms with E-state index in [1.165, 1.54) is 0 Å². The second kappa shape index (κ2) is 8.71. The fourth-order valence-electron chi connectivity index (χ4n) is 4.27. The first-order chi connectivity index (χ1) is 13.6. The lowest BCUT2D eigenvalue weighted by molar-refractivity contribution is 0.101. The molecule has 3 atom stereocenters. The first-order valence-electron chi connectivity index (χ1n) is 9.30. The normalized spacial score (nSPS) is 21.0. The van der Waals surface area contributed by atoms with Crippen LogP contribution in [0.5, 0.6) is 23.0 Å². The summed E-state index contributed by atoms with van der Waals surface area (Å²) in [6.45, 7) is -0.0270. The van der Waals surface area contributed by atoms with E-state index in [9.17, 15) is 10.2 Å². The highest BCUT2D eigenvalue weighted by Gasteiger charge is 2.38. The molecule has 1 aliphatic rings. The molecule has 2 N–H and O–H groups in total. The zero-order valence-electron chi connectivity index (χ0n) is 16.8. The Morgan fingerprint density at radius 2 is 1.39 bits per heavy atom. The van der Waals surface area contributed by atoms with E-state index in [-0.39, 0.29) is 31.0 Å². The predicted octanol–water partition coefficient (Wildman–Crippen LogP) is 2.63. The van der Waals surface area contributed by atoms with Gasteiger partial charge in [0.2, 0.25) is 0 Å². The molecule has 0 fully saturated rings. The summed E-state index contributed by atoms with van der Waals surface area (Å²) in [4.78, 5) is 0. The molecule has 0 bridgehead atoms. The van der Waals surface area contributed by atoms with Gasteiger partial charge in [0.1, 0.15) is 0 Å². The van der Waals surface area contributed by atoms with Crippen LogP contribution in [0, 0.1) is 11.8 Å². The maximum Gasteiger partial charge on any atom is 0.161 e. The lowest BCUT2D eigenvalue weighted by atomic mass is 9.67. The van der Waals surface area contributed by atoms with Gasteiger partial charge >= 0.3 is 0 Å². The van der Waals surface area contributed by atoms with Crippen molar-refractivity contribution in [1.82, 2.24) is 0 Å². The molecule has 0 heterocycles. The number of hydrogen-bond acceptors (Lipinski definition) is 6. The summed E-state index contributed by atoms with van der Waals surface area (Å²) in [6.07, 6.45) is 0.668. The van der Waals surface area contributed by atoms with Gasteiger partial charge in [-0.25, -0.2) is 0 Å². The highest BCUT2D eigenvalue weighted by atomic mass is 16.5. The molecule has 0 spiro atoms. The molecule has 0 unspecified atom stereocenters. The molecule has 0 saturated heterocycles. The SMILES string of the molecule is COc1ccc([C@@H]2c3cc(OC)c(OC)cc3C[C@@H](CO)[C@H]2CO)cc1OC. The molecule has 152 valence electrons. The van der Waals surface area contributed by atoms with Crippen molar-refractivity contribution in [2.24, 2.45) is 11.8 Å². The summed E-state index contributed by atoms with van der Waals surface area (Å²) >= 11 is 0. The molecular weight excluding hydrogens is 360 g/mol. The Morgan fingerprint density at radius 1 is 0.786 bits per heavy atom. The molecule has 3 rings (SSSR count). The summed E-state index contributed by atoms with van der Waals surface area (Å²) in [5.74, 6) is 2.27. The zero-order chi connectivity index (χ0) is 20.3. The molecule has 6 heteroatoms. The van der Waals surface area contributed by atoms with Crippen LogP contribution < -0.4 is 18.9 Å². The Kier molecular flexibility index (Phi) is 6.31. The third-order valence-corrected chi connectivity index (χ3v) is 5.71. The standard InChI is InChI=1S/C22H28O6/c1-25-18-6-5-13(8-19(18)26-2)22-16-10-21(28-4)20(27-3)9-14(16)7-15(11-23)17(22)12-24/h5-6,8-10,15,17,22-24H,7,11-12H2,1-4H3/t15-,17+,22+/m0/s1. The van der Waals surface area contributed by atoms with Crippen LogP contribution >= 0.6 is 0 Å². The molecule has 0 amide bonds. The van der Waals surface area contributed by atoms with Gasteiger partial charge in [-0.05, 0) is 59.2 Å². The first-order valence-corrected chi connectivity index (χ1v) is 9.30. The van der Waals surface area contributed by atoms with Crippen LogP contribution in [0.4, 0.5) is 0 Å². The number of aliphatic hydroxyl groups excluding tert-OH is 2. The van der Waals surface area contributed by atoms with E-state index in [4.69, 9.17) is 18.9 Å². The van der Waals surface area contributed by atoms with E-state index in [1.807, 2.05) is 30.3 Å². The monoisotopic (exact) mass is 388 g/mol. The van der Waals surface area contributed by atoms with Gasteiger partial charge in [0, 0.05) is 19.1 Å². The molecule has 6 nitrogen and oxygen atoms in total. The number of ether oxygens (including phenoxy) is 4. The summed E-state index contributed by atoms with van der Waals surface area (Å²) in [5.41, 5.74) is 3.14. The van der Waals surface area contributed by atoms with Crippen LogP contribution in [-0.2, 0) is 6.42 Å². The van der Waals surface area contributed by atoms with Gasteiger partial charge in [-0.3, -0.25) is 0 Å². The number of hydrogen-bond donors (Lipinski definition) is 2. The average molecular weight is 388 g/mol. The molecule has 1 aliphatic carbocycles. The van der Waals surface area contributed by atoms with Gasteiger partial charge in [-0.1, -0.05) is 6.07 Å². The highest BCUT2D eigenvalue weighted by molar-refractivity contribution is 5.54. The minimum absolute atomic E-state index is 0.00278. The third kappa shape index (κ3) is 3.50. The number of fused-ring (bicyclic) bond motifs is 1. The molecule has 0 radical (unpaired) electrons. The Hall–Kier alpha value is -2.44. The van der Waals surface area contributed by atoms with E-state index < -0.39 is 0 Å². The summed E-state index contributed by atoms with van der Waals surface area (Å²) in [6, 6.07) is 9.73. The summed E-state index contributed by atoms with van der Waals surface area (Å²) in [7, 11) is 6.42. The third-order valence-electron chi connectivity index (χ3n) is 5.71. The van der Waals surface area contributed by atoms with Crippen molar-refractivity contribution in [1.29, 1.82) is 0 Å². The summed E-state index contributed by atoms with van der Waals surface area (Å²) in [5, 5.41) is 20.2. The van der Waals surface area contributed by atoms with Gasteiger partial charge in [0.15, 0.2) is 23.0 Å². The fourth-order valence-corrected chi connectivity index (χ4v) is 4.27. The fraction of sp³-hybridized carbons (Fsp3) is 0.455. The van der Waals surface area contributed by atoms with Crippen LogP contribution in [0.2, 0.25) is 0 Å². The van der Waals surface area contributed by atoms with Crippen molar-refractivity contribution in [2.75, 3.05) is 41.7 Å². The predicted molar refractivity (Wildman–Crippen MR) is 106 cm³/mol. The second-order valence-corrected chi connectivity index (χ2v) is 6.99.